The van der Waals surface area contributed by atoms with E-state index in [-0.39, 0.29) is 18.9 Å². The highest BCUT2D eigenvalue weighted by Gasteiger charge is 2.34. The summed E-state index contributed by atoms with van der Waals surface area (Å²) in [6, 6.07) is 0. The predicted molar refractivity (Wildman–Crippen MR) is 66.1 cm³/mol. The van der Waals surface area contributed by atoms with Crippen molar-refractivity contribution in [1.82, 2.24) is 9.55 Å². The van der Waals surface area contributed by atoms with Gasteiger partial charge < -0.3 is 20.9 Å². The summed E-state index contributed by atoms with van der Waals surface area (Å²) in [4.78, 5) is 8.48. The Kier molecular flexibility index (Phi) is 2.61. The highest BCUT2D eigenvalue weighted by molar-refractivity contribution is 5.78. The number of nitrogens with two attached hydrogens (primary N) is 1. The number of aliphatic imine (C=N–C) groups is 1. The maximum Gasteiger partial charge on any atom is 0.153 e. The Morgan fingerprint density at radius 1 is 1.67 bits per heavy atom. The molecule has 1 saturated heterocycles. The van der Waals surface area contributed by atoms with Gasteiger partial charge in [0.15, 0.2) is 5.66 Å². The molecule has 1 unspecified atom stereocenters. The van der Waals surface area contributed by atoms with E-state index in [9.17, 15) is 0 Å². The van der Waals surface area contributed by atoms with E-state index in [0.717, 1.165) is 18.7 Å². The van der Waals surface area contributed by atoms with Crippen molar-refractivity contribution in [3.8, 4) is 0 Å². The second kappa shape index (κ2) is 4.04. The number of aliphatic hydroxyl groups is 1. The number of anilines is 1. The second-order valence-electron chi connectivity index (χ2n) is 4.87. The summed E-state index contributed by atoms with van der Waals surface area (Å²) in [5.74, 6) is 0.818. The molecule has 0 saturated carbocycles. The molecule has 0 radical (unpaired) electrons. The minimum Gasteiger partial charge on any atom is -0.394 e. The van der Waals surface area contributed by atoms with Crippen LogP contribution in [-0.4, -0.2) is 33.7 Å². The first-order valence-corrected chi connectivity index (χ1v) is 6.04. The molecule has 1 aromatic rings. The van der Waals surface area contributed by atoms with Gasteiger partial charge in [-0.05, 0) is 19.8 Å². The number of aliphatic hydroxyl groups excluding tert-OH is 1. The van der Waals surface area contributed by atoms with Crippen molar-refractivity contribution >= 4 is 12.2 Å². The average molecular weight is 251 g/mol. The Morgan fingerprint density at radius 2 is 2.50 bits per heavy atom. The SMILES string of the molecule is CC1(N)N=CNc2c1ncn2[C@H]1CC[C@@H](CO)O1. The van der Waals surface area contributed by atoms with Crippen LogP contribution in [0.25, 0.3) is 0 Å². The Hall–Kier alpha value is -1.44. The molecule has 3 rings (SSSR count). The summed E-state index contributed by atoms with van der Waals surface area (Å²) < 4.78 is 7.65. The average Bonchev–Trinajstić information content (AvgIpc) is 2.93. The third-order valence-electron chi connectivity index (χ3n) is 3.41. The lowest BCUT2D eigenvalue weighted by molar-refractivity contribution is -0.0214. The van der Waals surface area contributed by atoms with Gasteiger partial charge in [-0.1, -0.05) is 0 Å². The van der Waals surface area contributed by atoms with Crippen molar-refractivity contribution in [1.29, 1.82) is 0 Å². The molecule has 1 fully saturated rings. The van der Waals surface area contributed by atoms with Crippen LogP contribution in [0, 0.1) is 0 Å². The fraction of sp³-hybridized carbons (Fsp3) is 0.636. The summed E-state index contributed by atoms with van der Waals surface area (Å²) in [5, 5.41) is 12.2. The van der Waals surface area contributed by atoms with Crippen LogP contribution in [0.4, 0.5) is 5.82 Å². The highest BCUT2D eigenvalue weighted by atomic mass is 16.5. The van der Waals surface area contributed by atoms with Gasteiger partial charge in [-0.2, -0.15) is 0 Å². The van der Waals surface area contributed by atoms with Crippen LogP contribution in [0.15, 0.2) is 11.3 Å². The van der Waals surface area contributed by atoms with Crippen molar-refractivity contribution in [2.45, 2.75) is 37.8 Å². The number of nitrogens with zero attached hydrogens (tertiary/aromatic N) is 3. The molecule has 7 heteroatoms. The van der Waals surface area contributed by atoms with E-state index in [1.165, 1.54) is 0 Å². The van der Waals surface area contributed by atoms with Crippen LogP contribution in [0.2, 0.25) is 0 Å². The molecule has 3 atom stereocenters. The maximum atomic E-state index is 9.10. The van der Waals surface area contributed by atoms with E-state index < -0.39 is 5.66 Å². The first kappa shape index (κ1) is 11.6. The fourth-order valence-electron chi connectivity index (χ4n) is 2.41. The van der Waals surface area contributed by atoms with Crippen molar-refractivity contribution < 1.29 is 9.84 Å². The molecule has 18 heavy (non-hydrogen) atoms. The third-order valence-corrected chi connectivity index (χ3v) is 3.41. The molecule has 98 valence electrons. The lowest BCUT2D eigenvalue weighted by Gasteiger charge is -2.25. The van der Waals surface area contributed by atoms with Crippen LogP contribution >= 0.6 is 0 Å². The first-order chi connectivity index (χ1) is 8.62. The molecule has 2 aliphatic heterocycles. The van der Waals surface area contributed by atoms with E-state index >= 15 is 0 Å². The van der Waals surface area contributed by atoms with Crippen molar-refractivity contribution in [3.63, 3.8) is 0 Å². The monoisotopic (exact) mass is 251 g/mol. The Morgan fingerprint density at radius 3 is 3.22 bits per heavy atom. The number of hydrogen-bond donors (Lipinski definition) is 3. The largest absolute Gasteiger partial charge is 0.394 e. The highest BCUT2D eigenvalue weighted by Crippen LogP contribution is 2.35. The first-order valence-electron chi connectivity index (χ1n) is 6.04. The number of fused-ring (bicyclic) bond motifs is 1. The molecule has 0 spiro atoms. The number of aromatic nitrogens is 2. The minimum atomic E-state index is -0.805. The van der Waals surface area contributed by atoms with E-state index in [1.807, 2.05) is 11.5 Å². The second-order valence-corrected chi connectivity index (χ2v) is 4.87. The molecule has 0 aliphatic carbocycles. The zero-order valence-corrected chi connectivity index (χ0v) is 10.2. The zero-order valence-electron chi connectivity index (χ0n) is 10.2. The Labute approximate surface area is 105 Å². The molecule has 3 heterocycles. The minimum absolute atomic E-state index is 0.0525. The van der Waals surface area contributed by atoms with Gasteiger partial charge in [0.1, 0.15) is 17.7 Å². The molecular formula is C11H17N5O2. The van der Waals surface area contributed by atoms with Gasteiger partial charge >= 0.3 is 0 Å². The van der Waals surface area contributed by atoms with E-state index in [2.05, 4.69) is 15.3 Å². The van der Waals surface area contributed by atoms with Gasteiger partial charge in [0.2, 0.25) is 0 Å². The van der Waals surface area contributed by atoms with E-state index in [4.69, 9.17) is 15.6 Å². The van der Waals surface area contributed by atoms with Crippen LogP contribution in [0.3, 0.4) is 0 Å². The van der Waals surface area contributed by atoms with Gasteiger partial charge in [0.05, 0.1) is 25.4 Å². The zero-order chi connectivity index (χ0) is 12.8. The van der Waals surface area contributed by atoms with E-state index in [1.54, 1.807) is 12.7 Å². The van der Waals surface area contributed by atoms with Gasteiger partial charge in [0.25, 0.3) is 0 Å². The number of nitrogens with one attached hydrogen (secondary N) is 1. The van der Waals surface area contributed by atoms with Crippen molar-refractivity contribution in [2.24, 2.45) is 10.7 Å². The Balaban J connectivity index is 1.90. The van der Waals surface area contributed by atoms with Gasteiger partial charge in [-0.25, -0.2) is 9.98 Å². The molecule has 7 nitrogen and oxygen atoms in total. The molecular weight excluding hydrogens is 234 g/mol. The van der Waals surface area contributed by atoms with Crippen molar-refractivity contribution in [3.05, 3.63) is 12.0 Å². The van der Waals surface area contributed by atoms with Gasteiger partial charge in [-0.3, -0.25) is 4.57 Å². The van der Waals surface area contributed by atoms with Crippen LogP contribution in [0.1, 0.15) is 31.7 Å². The maximum absolute atomic E-state index is 9.10. The normalized spacial score (nSPS) is 34.4. The molecule has 0 aromatic carbocycles. The molecule has 2 aliphatic rings. The topological polar surface area (TPSA) is 97.7 Å². The van der Waals surface area contributed by atoms with Crippen LogP contribution in [-0.2, 0) is 10.4 Å². The van der Waals surface area contributed by atoms with E-state index in [0.29, 0.717) is 5.69 Å². The number of ether oxygens (including phenoxy) is 1. The fourth-order valence-corrected chi connectivity index (χ4v) is 2.41. The summed E-state index contributed by atoms with van der Waals surface area (Å²) in [6.07, 6.45) is 4.81. The number of rotatable bonds is 2. The summed E-state index contributed by atoms with van der Waals surface area (Å²) in [7, 11) is 0. The van der Waals surface area contributed by atoms with Crippen molar-refractivity contribution in [2.75, 3.05) is 11.9 Å². The molecule has 1 aromatic heterocycles. The van der Waals surface area contributed by atoms with Crippen LogP contribution < -0.4 is 11.1 Å². The predicted octanol–water partition coefficient (Wildman–Crippen LogP) is 0.138. The van der Waals surface area contributed by atoms with Gasteiger partial charge in [-0.15, -0.1) is 0 Å². The molecule has 4 N–H and O–H groups in total. The number of hydrogen-bond acceptors (Lipinski definition) is 6. The summed E-state index contributed by atoms with van der Waals surface area (Å²) >= 11 is 0. The molecule has 0 bridgehead atoms. The Bertz CT molecular complexity index is 482. The van der Waals surface area contributed by atoms with Crippen LogP contribution in [0.5, 0.6) is 0 Å². The lowest BCUT2D eigenvalue weighted by Crippen LogP contribution is -2.35. The number of imidazole rings is 1. The summed E-state index contributed by atoms with van der Waals surface area (Å²) in [5.41, 5.74) is 5.96. The summed E-state index contributed by atoms with van der Waals surface area (Å²) in [6.45, 7) is 1.86. The third kappa shape index (κ3) is 1.71. The quantitative estimate of drug-likeness (QED) is 0.694. The standard InChI is InChI=1S/C11H17N5O2/c1-11(12)9-10(13-5-15-11)16(6-14-9)8-3-2-7(4-17)18-8/h5-8,17H,2-4,12H2,1H3,(H,13,15)/t7-,8+,11?/m0/s1. The smallest absolute Gasteiger partial charge is 0.153 e. The lowest BCUT2D eigenvalue weighted by atomic mass is 10.1. The molecule has 0 amide bonds. The van der Waals surface area contributed by atoms with Gasteiger partial charge in [0, 0.05) is 0 Å².